The van der Waals surface area contributed by atoms with Crippen molar-refractivity contribution in [2.75, 3.05) is 5.32 Å². The van der Waals surface area contributed by atoms with E-state index in [9.17, 15) is 0 Å². The molecule has 0 saturated carbocycles. The third kappa shape index (κ3) is 3.11. The predicted octanol–water partition coefficient (Wildman–Crippen LogP) is 3.49. The van der Waals surface area contributed by atoms with E-state index in [-0.39, 0.29) is 0 Å². The standard InChI is InChI=1S/C14H14N2S/c1-10-8-11(2)15-13(9-10)16-14(17)12-6-4-3-5-7-12/h3-9H,1-2H3,(H,15,16,17). The van der Waals surface area contributed by atoms with Gasteiger partial charge in [0, 0.05) is 11.3 Å². The quantitative estimate of drug-likeness (QED) is 0.816. The fraction of sp³-hybridized carbons (Fsp3) is 0.143. The second-order valence-corrected chi connectivity index (χ2v) is 4.40. The van der Waals surface area contributed by atoms with Gasteiger partial charge in [-0.2, -0.15) is 0 Å². The van der Waals surface area contributed by atoms with E-state index in [0.717, 1.165) is 17.1 Å². The molecule has 0 unspecified atom stereocenters. The average Bonchev–Trinajstić information content (AvgIpc) is 2.28. The van der Waals surface area contributed by atoms with Gasteiger partial charge in [-0.05, 0) is 31.5 Å². The Morgan fingerprint density at radius 2 is 1.82 bits per heavy atom. The van der Waals surface area contributed by atoms with E-state index >= 15 is 0 Å². The van der Waals surface area contributed by atoms with Crippen LogP contribution in [0.25, 0.3) is 0 Å². The van der Waals surface area contributed by atoms with Gasteiger partial charge in [-0.3, -0.25) is 0 Å². The van der Waals surface area contributed by atoms with Crippen molar-refractivity contribution >= 4 is 23.0 Å². The van der Waals surface area contributed by atoms with Gasteiger partial charge in [0.2, 0.25) is 0 Å². The van der Waals surface area contributed by atoms with E-state index in [1.165, 1.54) is 5.56 Å². The van der Waals surface area contributed by atoms with Gasteiger partial charge in [0.25, 0.3) is 0 Å². The third-order valence-corrected chi connectivity index (χ3v) is 2.71. The van der Waals surface area contributed by atoms with Crippen LogP contribution in [0.3, 0.4) is 0 Å². The van der Waals surface area contributed by atoms with Crippen LogP contribution in [0.4, 0.5) is 5.82 Å². The number of benzene rings is 1. The molecule has 1 aromatic heterocycles. The van der Waals surface area contributed by atoms with Crippen molar-refractivity contribution in [2.24, 2.45) is 0 Å². The monoisotopic (exact) mass is 242 g/mol. The molecule has 0 spiro atoms. The molecule has 0 fully saturated rings. The molecule has 0 radical (unpaired) electrons. The summed E-state index contributed by atoms with van der Waals surface area (Å²) in [6, 6.07) is 13.9. The molecule has 3 heteroatoms. The number of aryl methyl sites for hydroxylation is 2. The van der Waals surface area contributed by atoms with Crippen molar-refractivity contribution in [3.8, 4) is 0 Å². The Morgan fingerprint density at radius 3 is 2.47 bits per heavy atom. The Bertz CT molecular complexity index is 515. The maximum absolute atomic E-state index is 5.34. The minimum atomic E-state index is 0.697. The fourth-order valence-electron chi connectivity index (χ4n) is 1.68. The first-order valence-corrected chi connectivity index (χ1v) is 5.87. The van der Waals surface area contributed by atoms with Crippen molar-refractivity contribution in [1.82, 2.24) is 4.98 Å². The number of hydrogen-bond acceptors (Lipinski definition) is 2. The third-order valence-electron chi connectivity index (χ3n) is 2.38. The number of thiocarbonyl (C=S) groups is 1. The minimum absolute atomic E-state index is 0.697. The summed E-state index contributed by atoms with van der Waals surface area (Å²) < 4.78 is 0. The summed E-state index contributed by atoms with van der Waals surface area (Å²) in [6.07, 6.45) is 0. The molecule has 0 atom stereocenters. The van der Waals surface area contributed by atoms with E-state index < -0.39 is 0 Å². The zero-order valence-corrected chi connectivity index (χ0v) is 10.7. The van der Waals surface area contributed by atoms with Crippen LogP contribution in [0.2, 0.25) is 0 Å². The zero-order chi connectivity index (χ0) is 12.3. The summed E-state index contributed by atoms with van der Waals surface area (Å²) in [5.41, 5.74) is 3.17. The van der Waals surface area contributed by atoms with Crippen molar-refractivity contribution in [1.29, 1.82) is 0 Å². The number of nitrogens with one attached hydrogen (secondary N) is 1. The lowest BCUT2D eigenvalue weighted by Crippen LogP contribution is -2.11. The number of anilines is 1. The Hall–Kier alpha value is -1.74. The number of pyridine rings is 1. The SMILES string of the molecule is Cc1cc(C)nc(NC(=S)c2ccccc2)c1. The molecule has 0 aliphatic carbocycles. The Labute approximate surface area is 107 Å². The summed E-state index contributed by atoms with van der Waals surface area (Å²) in [6.45, 7) is 4.02. The summed E-state index contributed by atoms with van der Waals surface area (Å²) in [4.78, 5) is 5.10. The van der Waals surface area contributed by atoms with Crippen molar-refractivity contribution in [3.63, 3.8) is 0 Å². The molecule has 0 saturated heterocycles. The van der Waals surface area contributed by atoms with Crippen LogP contribution < -0.4 is 5.32 Å². The van der Waals surface area contributed by atoms with Gasteiger partial charge in [-0.15, -0.1) is 0 Å². The lowest BCUT2D eigenvalue weighted by atomic mass is 10.2. The molecule has 0 aliphatic heterocycles. The molecule has 1 aromatic carbocycles. The molecule has 1 heterocycles. The second-order valence-electron chi connectivity index (χ2n) is 3.99. The van der Waals surface area contributed by atoms with Gasteiger partial charge < -0.3 is 5.32 Å². The van der Waals surface area contributed by atoms with Gasteiger partial charge in [0.15, 0.2) is 0 Å². The molecule has 0 amide bonds. The van der Waals surface area contributed by atoms with Crippen molar-refractivity contribution in [3.05, 3.63) is 59.3 Å². The lowest BCUT2D eigenvalue weighted by Gasteiger charge is -2.08. The highest BCUT2D eigenvalue weighted by molar-refractivity contribution is 7.81. The topological polar surface area (TPSA) is 24.9 Å². The van der Waals surface area contributed by atoms with E-state index in [1.54, 1.807) is 0 Å². The molecule has 2 rings (SSSR count). The number of nitrogens with zero attached hydrogens (tertiary/aromatic N) is 1. The first kappa shape index (κ1) is 11.7. The summed E-state index contributed by atoms with van der Waals surface area (Å²) in [7, 11) is 0. The van der Waals surface area contributed by atoms with E-state index in [0.29, 0.717) is 4.99 Å². The summed E-state index contributed by atoms with van der Waals surface area (Å²) >= 11 is 5.34. The Morgan fingerprint density at radius 1 is 1.12 bits per heavy atom. The van der Waals surface area contributed by atoms with Crippen LogP contribution in [-0.2, 0) is 0 Å². The van der Waals surface area contributed by atoms with Gasteiger partial charge in [0.05, 0.1) is 0 Å². The smallest absolute Gasteiger partial charge is 0.131 e. The van der Waals surface area contributed by atoms with Crippen molar-refractivity contribution < 1.29 is 0 Å². The normalized spacial score (nSPS) is 10.0. The number of aromatic nitrogens is 1. The largest absolute Gasteiger partial charge is 0.331 e. The summed E-state index contributed by atoms with van der Waals surface area (Å²) in [5, 5.41) is 3.16. The van der Waals surface area contributed by atoms with E-state index in [2.05, 4.69) is 10.3 Å². The van der Waals surface area contributed by atoms with E-state index in [1.807, 2.05) is 56.3 Å². The van der Waals surface area contributed by atoms with Gasteiger partial charge in [-0.1, -0.05) is 42.5 Å². The molecule has 1 N–H and O–H groups in total. The maximum atomic E-state index is 5.34. The van der Waals surface area contributed by atoms with Crippen LogP contribution in [-0.4, -0.2) is 9.97 Å². The second kappa shape index (κ2) is 5.06. The molecule has 0 aliphatic rings. The van der Waals surface area contributed by atoms with E-state index in [4.69, 9.17) is 12.2 Å². The molecular formula is C14H14N2S. The van der Waals surface area contributed by atoms with Crippen molar-refractivity contribution in [2.45, 2.75) is 13.8 Å². The van der Waals surface area contributed by atoms with Crippen LogP contribution >= 0.6 is 12.2 Å². The van der Waals surface area contributed by atoms with Gasteiger partial charge >= 0.3 is 0 Å². The molecular weight excluding hydrogens is 228 g/mol. The first-order chi connectivity index (χ1) is 8.15. The Kier molecular flexibility index (Phi) is 3.49. The van der Waals surface area contributed by atoms with Crippen LogP contribution in [0.5, 0.6) is 0 Å². The number of hydrogen-bond donors (Lipinski definition) is 1. The minimum Gasteiger partial charge on any atom is -0.331 e. The van der Waals surface area contributed by atoms with Crippen LogP contribution in [0, 0.1) is 13.8 Å². The molecule has 2 nitrogen and oxygen atoms in total. The highest BCUT2D eigenvalue weighted by Gasteiger charge is 2.02. The number of rotatable bonds is 2. The fourth-order valence-corrected chi connectivity index (χ4v) is 1.92. The lowest BCUT2D eigenvalue weighted by molar-refractivity contribution is 1.18. The highest BCUT2D eigenvalue weighted by Crippen LogP contribution is 2.11. The van der Waals surface area contributed by atoms with Crippen LogP contribution in [0.1, 0.15) is 16.8 Å². The maximum Gasteiger partial charge on any atom is 0.131 e. The first-order valence-electron chi connectivity index (χ1n) is 5.47. The molecule has 17 heavy (non-hydrogen) atoms. The van der Waals surface area contributed by atoms with Gasteiger partial charge in [0.1, 0.15) is 10.8 Å². The summed E-state index contributed by atoms with van der Waals surface area (Å²) in [5.74, 6) is 0.802. The zero-order valence-electron chi connectivity index (χ0n) is 9.90. The van der Waals surface area contributed by atoms with Crippen LogP contribution in [0.15, 0.2) is 42.5 Å². The Balaban J connectivity index is 2.19. The average molecular weight is 242 g/mol. The predicted molar refractivity (Wildman–Crippen MR) is 75.5 cm³/mol. The molecule has 2 aromatic rings. The van der Waals surface area contributed by atoms with Gasteiger partial charge in [-0.25, -0.2) is 4.98 Å². The molecule has 0 bridgehead atoms. The molecule has 86 valence electrons. The highest BCUT2D eigenvalue weighted by atomic mass is 32.1.